The Morgan fingerprint density at radius 2 is 2.24 bits per heavy atom. The van der Waals surface area contributed by atoms with Crippen LogP contribution in [0.2, 0.25) is 0 Å². The van der Waals surface area contributed by atoms with E-state index in [1.165, 1.54) is 0 Å². The van der Waals surface area contributed by atoms with Gasteiger partial charge in [-0.15, -0.1) is 0 Å². The van der Waals surface area contributed by atoms with Gasteiger partial charge >= 0.3 is 5.97 Å². The monoisotopic (exact) mass is 238 g/mol. The molecule has 0 unspecified atom stereocenters. The molecule has 0 atom stereocenters. The minimum atomic E-state index is -1.10. The third-order valence-corrected chi connectivity index (χ3v) is 2.08. The molecule has 0 saturated heterocycles. The van der Waals surface area contributed by atoms with E-state index in [0.717, 1.165) is 11.1 Å². The Kier molecular flexibility index (Phi) is 5.09. The number of aliphatic carboxylic acids is 1. The summed E-state index contributed by atoms with van der Waals surface area (Å²) in [6.45, 7) is 1.55. The molecule has 1 aromatic heterocycles. The number of nitrogens with zero attached hydrogens (tertiary/aromatic N) is 1. The van der Waals surface area contributed by atoms with Gasteiger partial charge in [0.1, 0.15) is 13.2 Å². The summed E-state index contributed by atoms with van der Waals surface area (Å²) in [6.07, 6.45) is 3.35. The van der Waals surface area contributed by atoms with E-state index in [1.54, 1.807) is 12.4 Å². The number of carbonyl (C=O) groups is 2. The van der Waals surface area contributed by atoms with E-state index in [0.29, 0.717) is 6.54 Å². The molecule has 1 amide bonds. The maximum Gasteiger partial charge on any atom is 0.329 e. The average molecular weight is 238 g/mol. The summed E-state index contributed by atoms with van der Waals surface area (Å²) in [7, 11) is 0. The lowest BCUT2D eigenvalue weighted by molar-refractivity contribution is -0.143. The Hall–Kier alpha value is -1.95. The van der Waals surface area contributed by atoms with Gasteiger partial charge in [0, 0.05) is 18.9 Å². The van der Waals surface area contributed by atoms with Crippen LogP contribution >= 0.6 is 0 Å². The molecule has 0 aliphatic heterocycles. The number of carboxylic acid groups (broad SMARTS) is 1. The molecule has 0 aliphatic carbocycles. The largest absolute Gasteiger partial charge is 0.480 e. The molecule has 2 N–H and O–H groups in total. The third kappa shape index (κ3) is 5.07. The number of aryl methyl sites for hydroxylation is 1. The van der Waals surface area contributed by atoms with Crippen LogP contribution in [0.1, 0.15) is 11.1 Å². The number of pyridine rings is 1. The Labute approximate surface area is 98.6 Å². The second-order valence-corrected chi connectivity index (χ2v) is 3.47. The highest BCUT2D eigenvalue weighted by Gasteiger charge is 2.04. The van der Waals surface area contributed by atoms with Gasteiger partial charge < -0.3 is 15.2 Å². The number of ether oxygens (including phenoxy) is 1. The molecule has 6 nitrogen and oxygen atoms in total. The van der Waals surface area contributed by atoms with Gasteiger partial charge in [0.2, 0.25) is 5.91 Å². The number of nitrogens with one attached hydrogen (secondary N) is 1. The zero-order valence-electron chi connectivity index (χ0n) is 9.47. The summed E-state index contributed by atoms with van der Waals surface area (Å²) >= 11 is 0. The maximum atomic E-state index is 11.3. The summed E-state index contributed by atoms with van der Waals surface area (Å²) < 4.78 is 4.65. The summed E-state index contributed by atoms with van der Waals surface area (Å²) in [6, 6.07) is 1.85. The number of rotatable bonds is 6. The van der Waals surface area contributed by atoms with E-state index in [-0.39, 0.29) is 12.5 Å². The first-order valence-electron chi connectivity index (χ1n) is 5.05. The molecule has 6 heteroatoms. The molecule has 0 saturated carbocycles. The molecular weight excluding hydrogens is 224 g/mol. The molecule has 1 aromatic rings. The van der Waals surface area contributed by atoms with Crippen LogP contribution in [-0.4, -0.2) is 35.2 Å². The number of hydrogen-bond acceptors (Lipinski definition) is 4. The van der Waals surface area contributed by atoms with Crippen molar-refractivity contribution < 1.29 is 19.4 Å². The Balaban J connectivity index is 2.29. The second-order valence-electron chi connectivity index (χ2n) is 3.47. The molecule has 0 bridgehead atoms. The number of hydrogen-bond donors (Lipinski definition) is 2. The average Bonchev–Trinajstić information content (AvgIpc) is 2.27. The lowest BCUT2D eigenvalue weighted by Crippen LogP contribution is -2.28. The van der Waals surface area contributed by atoms with Crippen molar-refractivity contribution in [1.82, 2.24) is 10.3 Å². The van der Waals surface area contributed by atoms with Crippen LogP contribution in [-0.2, 0) is 20.9 Å². The van der Waals surface area contributed by atoms with E-state index in [2.05, 4.69) is 15.0 Å². The molecule has 0 spiro atoms. The SMILES string of the molecule is Cc1ccncc1CNC(=O)COCC(=O)O. The van der Waals surface area contributed by atoms with Crippen molar-refractivity contribution in [2.24, 2.45) is 0 Å². The molecule has 17 heavy (non-hydrogen) atoms. The molecule has 0 radical (unpaired) electrons. The quantitative estimate of drug-likeness (QED) is 0.734. The van der Waals surface area contributed by atoms with E-state index in [4.69, 9.17) is 5.11 Å². The van der Waals surface area contributed by atoms with Gasteiger partial charge in [0.05, 0.1) is 0 Å². The third-order valence-electron chi connectivity index (χ3n) is 2.08. The van der Waals surface area contributed by atoms with Gasteiger partial charge in [0.15, 0.2) is 0 Å². The fourth-order valence-electron chi connectivity index (χ4n) is 1.16. The van der Waals surface area contributed by atoms with Crippen LogP contribution in [0.15, 0.2) is 18.5 Å². The summed E-state index contributed by atoms with van der Waals surface area (Å²) in [5.74, 6) is -1.45. The molecular formula is C11H14N2O4. The van der Waals surface area contributed by atoms with Crippen LogP contribution in [0.25, 0.3) is 0 Å². The minimum absolute atomic E-state index is 0.258. The Morgan fingerprint density at radius 3 is 2.88 bits per heavy atom. The van der Waals surface area contributed by atoms with Crippen molar-refractivity contribution >= 4 is 11.9 Å². The van der Waals surface area contributed by atoms with E-state index >= 15 is 0 Å². The highest BCUT2D eigenvalue weighted by molar-refractivity contribution is 5.77. The Morgan fingerprint density at radius 1 is 1.47 bits per heavy atom. The van der Waals surface area contributed by atoms with Gasteiger partial charge in [-0.2, -0.15) is 0 Å². The fraction of sp³-hybridized carbons (Fsp3) is 0.364. The summed E-state index contributed by atoms with van der Waals surface area (Å²) in [5, 5.41) is 10.9. The lowest BCUT2D eigenvalue weighted by Gasteiger charge is -2.07. The zero-order valence-corrected chi connectivity index (χ0v) is 9.47. The van der Waals surface area contributed by atoms with Crippen molar-refractivity contribution in [2.45, 2.75) is 13.5 Å². The first kappa shape index (κ1) is 13.1. The van der Waals surface area contributed by atoms with Gasteiger partial charge in [-0.25, -0.2) is 4.79 Å². The predicted octanol–water partition coefficient (Wildman–Crippen LogP) is 0.107. The number of aromatic nitrogens is 1. The summed E-state index contributed by atoms with van der Waals surface area (Å²) in [5.41, 5.74) is 1.95. The topological polar surface area (TPSA) is 88.5 Å². The number of carboxylic acids is 1. The fourth-order valence-corrected chi connectivity index (χ4v) is 1.16. The minimum Gasteiger partial charge on any atom is -0.480 e. The number of carbonyl (C=O) groups excluding carboxylic acids is 1. The predicted molar refractivity (Wildman–Crippen MR) is 59.3 cm³/mol. The van der Waals surface area contributed by atoms with Crippen molar-refractivity contribution in [3.05, 3.63) is 29.6 Å². The van der Waals surface area contributed by atoms with E-state index in [1.807, 2.05) is 13.0 Å². The van der Waals surface area contributed by atoms with Crippen LogP contribution in [0.3, 0.4) is 0 Å². The second kappa shape index (κ2) is 6.59. The van der Waals surface area contributed by atoms with Crippen LogP contribution in [0, 0.1) is 6.92 Å². The molecule has 0 aromatic carbocycles. The van der Waals surface area contributed by atoms with Crippen LogP contribution in [0.4, 0.5) is 0 Å². The first-order chi connectivity index (χ1) is 8.09. The Bertz CT molecular complexity index is 406. The van der Waals surface area contributed by atoms with Gasteiger partial charge in [0.25, 0.3) is 0 Å². The van der Waals surface area contributed by atoms with Gasteiger partial charge in [-0.3, -0.25) is 9.78 Å². The molecule has 1 rings (SSSR count). The van der Waals surface area contributed by atoms with Crippen molar-refractivity contribution in [3.8, 4) is 0 Å². The molecule has 0 fully saturated rings. The standard InChI is InChI=1S/C11H14N2O4/c1-8-2-3-12-4-9(8)5-13-10(14)6-17-7-11(15)16/h2-4H,5-7H2,1H3,(H,13,14)(H,15,16). The lowest BCUT2D eigenvalue weighted by atomic mass is 10.1. The smallest absolute Gasteiger partial charge is 0.329 e. The first-order valence-corrected chi connectivity index (χ1v) is 5.05. The number of amides is 1. The molecule has 0 aliphatic rings. The van der Waals surface area contributed by atoms with Crippen LogP contribution < -0.4 is 5.32 Å². The van der Waals surface area contributed by atoms with E-state index in [9.17, 15) is 9.59 Å². The van der Waals surface area contributed by atoms with Gasteiger partial charge in [-0.05, 0) is 24.1 Å². The van der Waals surface area contributed by atoms with E-state index < -0.39 is 12.6 Å². The highest BCUT2D eigenvalue weighted by Crippen LogP contribution is 2.03. The van der Waals surface area contributed by atoms with Crippen molar-refractivity contribution in [3.63, 3.8) is 0 Å². The normalized spacial score (nSPS) is 9.94. The molecule has 92 valence electrons. The molecule has 1 heterocycles. The van der Waals surface area contributed by atoms with Crippen molar-refractivity contribution in [2.75, 3.05) is 13.2 Å². The van der Waals surface area contributed by atoms with Crippen molar-refractivity contribution in [1.29, 1.82) is 0 Å². The summed E-state index contributed by atoms with van der Waals surface area (Å²) in [4.78, 5) is 25.3. The van der Waals surface area contributed by atoms with Gasteiger partial charge in [-0.1, -0.05) is 0 Å². The maximum absolute atomic E-state index is 11.3. The highest BCUT2D eigenvalue weighted by atomic mass is 16.5. The zero-order chi connectivity index (χ0) is 12.7. The van der Waals surface area contributed by atoms with Crippen LogP contribution in [0.5, 0.6) is 0 Å².